The summed E-state index contributed by atoms with van der Waals surface area (Å²) in [5, 5.41) is 0. The Bertz CT molecular complexity index is 1670. The maximum atomic E-state index is 14.5. The Labute approximate surface area is 292 Å². The first-order chi connectivity index (χ1) is 24.2. The number of alkyl halides is 3. The minimum absolute atomic E-state index is 0.135. The van der Waals surface area contributed by atoms with E-state index < -0.39 is 23.7 Å². The van der Waals surface area contributed by atoms with Crippen molar-refractivity contribution < 1.29 is 27.5 Å². The van der Waals surface area contributed by atoms with Crippen LogP contribution in [0.5, 0.6) is 5.75 Å². The molecule has 1 aliphatic rings. The highest BCUT2D eigenvalue weighted by molar-refractivity contribution is 5.95. The fourth-order valence-electron chi connectivity index (χ4n) is 5.96. The van der Waals surface area contributed by atoms with Crippen LogP contribution < -0.4 is 4.74 Å². The zero-order valence-corrected chi connectivity index (χ0v) is 28.4. The molecule has 0 N–H and O–H groups in total. The largest absolute Gasteiger partial charge is 0.494 e. The molecule has 1 atom stereocenters. The molecule has 1 fully saturated rings. The van der Waals surface area contributed by atoms with Crippen LogP contribution in [-0.4, -0.2) is 65.3 Å². The van der Waals surface area contributed by atoms with Crippen LogP contribution in [0.3, 0.4) is 0 Å². The SMILES string of the molecule is CCCCOc1ccc(CN(C(=O)C=Cc2ccc(C(F)(F)F)cc2)C(Cc2ccccc2)C(=O)N2CCN(Cc3ccccc3)CC2)cc1. The zero-order valence-electron chi connectivity index (χ0n) is 28.4. The summed E-state index contributed by atoms with van der Waals surface area (Å²) in [7, 11) is 0. The van der Waals surface area contributed by atoms with Crippen LogP contribution in [0.4, 0.5) is 13.2 Å². The van der Waals surface area contributed by atoms with E-state index in [4.69, 9.17) is 4.74 Å². The Morgan fingerprint density at radius 2 is 1.42 bits per heavy atom. The van der Waals surface area contributed by atoms with Gasteiger partial charge in [-0.1, -0.05) is 98.3 Å². The van der Waals surface area contributed by atoms with Gasteiger partial charge in [-0.3, -0.25) is 14.5 Å². The molecule has 0 radical (unpaired) electrons. The normalized spacial score (nSPS) is 14.4. The smallest absolute Gasteiger partial charge is 0.416 e. The fraction of sp³-hybridized carbons (Fsp3) is 0.317. The fourth-order valence-corrected chi connectivity index (χ4v) is 5.96. The number of nitrogens with zero attached hydrogens (tertiary/aromatic N) is 3. The Morgan fingerprint density at radius 1 is 0.800 bits per heavy atom. The van der Waals surface area contributed by atoms with Crippen LogP contribution in [0.1, 0.15) is 47.6 Å². The second-order valence-electron chi connectivity index (χ2n) is 12.6. The van der Waals surface area contributed by atoms with Gasteiger partial charge in [0.2, 0.25) is 11.8 Å². The van der Waals surface area contributed by atoms with Crippen molar-refractivity contribution in [3.05, 3.63) is 143 Å². The quantitative estimate of drug-likeness (QED) is 0.100. The summed E-state index contributed by atoms with van der Waals surface area (Å²) in [6.45, 7) is 6.15. The Balaban J connectivity index is 1.40. The maximum absolute atomic E-state index is 14.5. The van der Waals surface area contributed by atoms with E-state index in [9.17, 15) is 22.8 Å². The lowest BCUT2D eigenvalue weighted by Gasteiger charge is -2.39. The highest BCUT2D eigenvalue weighted by Crippen LogP contribution is 2.29. The summed E-state index contributed by atoms with van der Waals surface area (Å²) in [5.74, 6) is 0.182. The molecular formula is C41H44F3N3O3. The van der Waals surface area contributed by atoms with Gasteiger partial charge >= 0.3 is 6.18 Å². The summed E-state index contributed by atoms with van der Waals surface area (Å²) >= 11 is 0. The Morgan fingerprint density at radius 3 is 2.02 bits per heavy atom. The summed E-state index contributed by atoms with van der Waals surface area (Å²) in [6.07, 6.45) is 0.652. The van der Waals surface area contributed by atoms with E-state index >= 15 is 0 Å². The Kier molecular flexibility index (Phi) is 12.9. The van der Waals surface area contributed by atoms with Gasteiger partial charge in [-0.25, -0.2) is 0 Å². The number of unbranched alkanes of at least 4 members (excludes halogenated alkanes) is 1. The average molecular weight is 684 g/mol. The van der Waals surface area contributed by atoms with E-state index in [1.54, 1.807) is 4.90 Å². The first-order valence-corrected chi connectivity index (χ1v) is 17.2. The van der Waals surface area contributed by atoms with Gasteiger partial charge in [0.25, 0.3) is 0 Å². The molecule has 5 rings (SSSR count). The van der Waals surface area contributed by atoms with Crippen molar-refractivity contribution in [2.45, 2.75) is 51.5 Å². The molecule has 0 aromatic heterocycles. The average Bonchev–Trinajstić information content (AvgIpc) is 3.13. The predicted octanol–water partition coefficient (Wildman–Crippen LogP) is 7.88. The molecule has 262 valence electrons. The minimum Gasteiger partial charge on any atom is -0.494 e. The van der Waals surface area contributed by atoms with Gasteiger partial charge in [0.05, 0.1) is 12.2 Å². The number of carbonyl (C=O) groups is 2. The van der Waals surface area contributed by atoms with Gasteiger partial charge in [-0.15, -0.1) is 0 Å². The van der Waals surface area contributed by atoms with Crippen molar-refractivity contribution in [3.63, 3.8) is 0 Å². The zero-order chi connectivity index (χ0) is 35.3. The molecule has 2 amide bonds. The molecule has 0 saturated carbocycles. The van der Waals surface area contributed by atoms with Crippen molar-refractivity contribution in [1.82, 2.24) is 14.7 Å². The van der Waals surface area contributed by atoms with Gasteiger partial charge in [0.1, 0.15) is 11.8 Å². The number of hydrogen-bond acceptors (Lipinski definition) is 4. The van der Waals surface area contributed by atoms with E-state index in [0.29, 0.717) is 44.8 Å². The number of hydrogen-bond donors (Lipinski definition) is 0. The molecule has 1 unspecified atom stereocenters. The molecule has 0 bridgehead atoms. The molecule has 4 aromatic carbocycles. The summed E-state index contributed by atoms with van der Waals surface area (Å²) in [5.41, 5.74) is 2.63. The van der Waals surface area contributed by atoms with E-state index in [-0.39, 0.29) is 12.5 Å². The summed E-state index contributed by atoms with van der Waals surface area (Å²) in [6, 6.07) is 31.2. The van der Waals surface area contributed by atoms with Gasteiger partial charge in [0.15, 0.2) is 0 Å². The van der Waals surface area contributed by atoms with Gasteiger partial charge in [-0.2, -0.15) is 13.2 Å². The van der Waals surface area contributed by atoms with Crippen LogP contribution in [0, 0.1) is 0 Å². The minimum atomic E-state index is -4.45. The van der Waals surface area contributed by atoms with E-state index in [1.165, 1.54) is 29.8 Å². The van der Waals surface area contributed by atoms with Crippen LogP contribution in [-0.2, 0) is 35.3 Å². The third-order valence-electron chi connectivity index (χ3n) is 8.85. The standard InChI is InChI=1S/C41H44F3N3O3/c1-2-3-28-50-37-21-16-35(17-22-37)31-47(39(48)23-18-32-14-19-36(20-15-32)41(42,43)44)38(29-33-10-6-4-7-11-33)40(49)46-26-24-45(25-27-46)30-34-12-8-5-9-13-34/h4-23,38H,2-3,24-31H2,1H3. The summed E-state index contributed by atoms with van der Waals surface area (Å²) < 4.78 is 45.3. The van der Waals surface area contributed by atoms with Crippen molar-refractivity contribution >= 4 is 17.9 Å². The number of rotatable bonds is 14. The van der Waals surface area contributed by atoms with Crippen molar-refractivity contribution in [3.8, 4) is 5.75 Å². The summed E-state index contributed by atoms with van der Waals surface area (Å²) in [4.78, 5) is 34.3. The van der Waals surface area contributed by atoms with Gasteiger partial charge in [0, 0.05) is 51.8 Å². The number of benzene rings is 4. The molecule has 0 spiro atoms. The third kappa shape index (κ3) is 10.6. The lowest BCUT2D eigenvalue weighted by Crippen LogP contribution is -2.56. The van der Waals surface area contributed by atoms with E-state index in [0.717, 1.165) is 48.4 Å². The third-order valence-corrected chi connectivity index (χ3v) is 8.85. The molecule has 1 saturated heterocycles. The molecular weight excluding hydrogens is 639 g/mol. The molecule has 4 aromatic rings. The Hall–Kier alpha value is -4.89. The molecule has 9 heteroatoms. The number of piperazine rings is 1. The second-order valence-corrected chi connectivity index (χ2v) is 12.6. The lowest BCUT2D eigenvalue weighted by molar-refractivity contribution is -0.145. The van der Waals surface area contributed by atoms with Crippen LogP contribution in [0.15, 0.2) is 115 Å². The monoisotopic (exact) mass is 683 g/mol. The first kappa shape index (κ1) is 36.4. The van der Waals surface area contributed by atoms with Crippen LogP contribution >= 0.6 is 0 Å². The molecule has 0 aliphatic carbocycles. The lowest BCUT2D eigenvalue weighted by atomic mass is 10.0. The highest BCUT2D eigenvalue weighted by atomic mass is 19.4. The van der Waals surface area contributed by atoms with Gasteiger partial charge in [-0.05, 0) is 59.0 Å². The van der Waals surface area contributed by atoms with E-state index in [1.807, 2.05) is 77.7 Å². The molecule has 1 heterocycles. The molecule has 1 aliphatic heterocycles. The number of halogens is 3. The second kappa shape index (κ2) is 17.7. The highest BCUT2D eigenvalue weighted by Gasteiger charge is 2.34. The van der Waals surface area contributed by atoms with E-state index in [2.05, 4.69) is 24.0 Å². The molecule has 6 nitrogen and oxygen atoms in total. The first-order valence-electron chi connectivity index (χ1n) is 17.2. The number of amides is 2. The van der Waals surface area contributed by atoms with Crippen LogP contribution in [0.25, 0.3) is 6.08 Å². The predicted molar refractivity (Wildman–Crippen MR) is 190 cm³/mol. The molecule has 50 heavy (non-hydrogen) atoms. The van der Waals surface area contributed by atoms with Crippen molar-refractivity contribution in [1.29, 1.82) is 0 Å². The number of carbonyl (C=O) groups excluding carboxylic acids is 2. The van der Waals surface area contributed by atoms with Gasteiger partial charge < -0.3 is 14.5 Å². The maximum Gasteiger partial charge on any atom is 0.416 e. The van der Waals surface area contributed by atoms with Crippen LogP contribution in [0.2, 0.25) is 0 Å². The van der Waals surface area contributed by atoms with Crippen molar-refractivity contribution in [2.24, 2.45) is 0 Å². The van der Waals surface area contributed by atoms with Crippen molar-refractivity contribution in [2.75, 3.05) is 32.8 Å². The topological polar surface area (TPSA) is 53.1 Å². The number of ether oxygens (including phenoxy) is 1.